The third kappa shape index (κ3) is 2.65. The molecule has 0 aliphatic heterocycles. The Morgan fingerprint density at radius 1 is 1.45 bits per heavy atom. The summed E-state index contributed by atoms with van der Waals surface area (Å²) >= 11 is 0. The van der Waals surface area contributed by atoms with Crippen LogP contribution >= 0.6 is 0 Å². The molecule has 0 unspecified atom stereocenters. The van der Waals surface area contributed by atoms with Gasteiger partial charge in [-0.1, -0.05) is 12.7 Å². The summed E-state index contributed by atoms with van der Waals surface area (Å²) in [5, 5.41) is 0. The van der Waals surface area contributed by atoms with Crippen LogP contribution in [0.15, 0.2) is 24.0 Å². The zero-order chi connectivity index (χ0) is 9.07. The zero-order valence-electron chi connectivity index (χ0n) is 6.33. The van der Waals surface area contributed by atoms with Gasteiger partial charge in [0.15, 0.2) is 0 Å². The van der Waals surface area contributed by atoms with E-state index in [9.17, 15) is 13.2 Å². The Kier molecular flexibility index (Phi) is 3.17. The Hall–Kier alpha value is -0.930. The summed E-state index contributed by atoms with van der Waals surface area (Å²) in [7, 11) is 1.15. The van der Waals surface area contributed by atoms with Gasteiger partial charge in [0.05, 0.1) is 12.7 Å². The molecule has 0 heterocycles. The highest BCUT2D eigenvalue weighted by atomic mass is 19.4. The lowest BCUT2D eigenvalue weighted by Gasteiger charge is -2.11. The average Bonchev–Trinajstić information content (AvgIpc) is 1.86. The maximum atomic E-state index is 11.9. The zero-order valence-corrected chi connectivity index (χ0v) is 6.33. The number of hydrogen-bond acceptors (Lipinski definition) is 1. The number of ether oxygens (including phenoxy) is 1. The largest absolute Gasteiger partial charge is 0.497 e. The molecular formula is C7H9F3O. The predicted molar refractivity (Wildman–Crippen MR) is 36.0 cm³/mol. The van der Waals surface area contributed by atoms with Gasteiger partial charge in [-0.3, -0.25) is 0 Å². The van der Waals surface area contributed by atoms with E-state index in [1.54, 1.807) is 0 Å². The van der Waals surface area contributed by atoms with Crippen LogP contribution in [-0.2, 0) is 4.74 Å². The first-order chi connectivity index (χ1) is 4.93. The topological polar surface area (TPSA) is 9.23 Å². The fraction of sp³-hybridized carbons (Fsp3) is 0.429. The third-order valence-corrected chi connectivity index (χ3v) is 1.14. The van der Waals surface area contributed by atoms with Crippen molar-refractivity contribution in [3.63, 3.8) is 0 Å². The molecule has 0 aliphatic rings. The summed E-state index contributed by atoms with van der Waals surface area (Å²) in [5.74, 6) is -0.361. The highest BCUT2D eigenvalue weighted by molar-refractivity contribution is 5.27. The summed E-state index contributed by atoms with van der Waals surface area (Å²) in [4.78, 5) is 0. The molecule has 0 rings (SSSR count). The van der Waals surface area contributed by atoms with E-state index in [0.29, 0.717) is 0 Å². The van der Waals surface area contributed by atoms with Crippen LogP contribution < -0.4 is 0 Å². The molecule has 0 spiro atoms. The molecule has 0 saturated carbocycles. The van der Waals surface area contributed by atoms with E-state index in [0.717, 1.165) is 13.2 Å². The molecule has 0 saturated heterocycles. The summed E-state index contributed by atoms with van der Waals surface area (Å²) in [6.45, 7) is 4.39. The van der Waals surface area contributed by atoms with Crippen LogP contribution in [0.5, 0.6) is 0 Å². The fourth-order valence-corrected chi connectivity index (χ4v) is 0.593. The van der Waals surface area contributed by atoms with Crippen molar-refractivity contribution in [2.24, 2.45) is 0 Å². The molecule has 0 aromatic carbocycles. The van der Waals surface area contributed by atoms with E-state index in [1.807, 2.05) is 0 Å². The van der Waals surface area contributed by atoms with Gasteiger partial charge in [-0.2, -0.15) is 13.2 Å². The molecule has 1 nitrogen and oxygen atoms in total. The van der Waals surface area contributed by atoms with Crippen molar-refractivity contribution in [3.05, 3.63) is 24.0 Å². The third-order valence-electron chi connectivity index (χ3n) is 1.14. The number of rotatable bonds is 2. The minimum absolute atomic E-state index is 0.361. The van der Waals surface area contributed by atoms with E-state index in [-0.39, 0.29) is 5.76 Å². The highest BCUT2D eigenvalue weighted by Crippen LogP contribution is 2.30. The minimum Gasteiger partial charge on any atom is -0.497 e. The van der Waals surface area contributed by atoms with Gasteiger partial charge in [0, 0.05) is 0 Å². The van der Waals surface area contributed by atoms with Gasteiger partial charge in [0.1, 0.15) is 5.76 Å². The molecule has 11 heavy (non-hydrogen) atoms. The van der Waals surface area contributed by atoms with Crippen LogP contribution in [0.4, 0.5) is 13.2 Å². The van der Waals surface area contributed by atoms with Crippen molar-refractivity contribution in [2.75, 3.05) is 7.11 Å². The molecule has 64 valence electrons. The monoisotopic (exact) mass is 166 g/mol. The van der Waals surface area contributed by atoms with Gasteiger partial charge in [-0.25, -0.2) is 0 Å². The minimum atomic E-state index is -4.37. The van der Waals surface area contributed by atoms with Gasteiger partial charge in [-0.05, 0) is 6.92 Å². The number of hydrogen-bond donors (Lipinski definition) is 0. The Balaban J connectivity index is 4.58. The second kappa shape index (κ2) is 3.46. The van der Waals surface area contributed by atoms with Crippen LogP contribution in [0.25, 0.3) is 0 Å². The van der Waals surface area contributed by atoms with Gasteiger partial charge >= 0.3 is 6.18 Å². The van der Waals surface area contributed by atoms with E-state index in [2.05, 4.69) is 11.3 Å². The molecule has 0 amide bonds. The molecule has 0 radical (unpaired) electrons. The maximum absolute atomic E-state index is 11.9. The average molecular weight is 166 g/mol. The molecular weight excluding hydrogens is 157 g/mol. The first kappa shape index (κ1) is 10.1. The van der Waals surface area contributed by atoms with Crippen molar-refractivity contribution in [1.29, 1.82) is 0 Å². The Morgan fingerprint density at radius 2 is 1.91 bits per heavy atom. The molecule has 0 atom stereocenters. The Bertz CT molecular complexity index is 179. The van der Waals surface area contributed by atoms with Crippen molar-refractivity contribution < 1.29 is 17.9 Å². The summed E-state index contributed by atoms with van der Waals surface area (Å²) in [5.41, 5.74) is -0.833. The Labute approximate surface area is 63.2 Å². The molecule has 0 aliphatic carbocycles. The number of halogens is 3. The van der Waals surface area contributed by atoms with Crippen LogP contribution in [-0.4, -0.2) is 13.3 Å². The lowest BCUT2D eigenvalue weighted by atomic mass is 10.2. The molecule has 0 aromatic heterocycles. The van der Waals surface area contributed by atoms with Crippen molar-refractivity contribution in [2.45, 2.75) is 13.1 Å². The highest BCUT2D eigenvalue weighted by Gasteiger charge is 2.35. The number of alkyl halides is 3. The normalized spacial score (nSPS) is 13.0. The van der Waals surface area contributed by atoms with Crippen molar-refractivity contribution >= 4 is 0 Å². The maximum Gasteiger partial charge on any atom is 0.419 e. The van der Waals surface area contributed by atoms with E-state index >= 15 is 0 Å². The summed E-state index contributed by atoms with van der Waals surface area (Å²) in [6, 6.07) is 0. The molecule has 0 bridgehead atoms. The molecule has 4 heteroatoms. The van der Waals surface area contributed by atoms with Crippen LogP contribution in [0.1, 0.15) is 6.92 Å². The van der Waals surface area contributed by atoms with E-state index in [4.69, 9.17) is 0 Å². The molecule has 0 aromatic rings. The number of allylic oxidation sites excluding steroid dienone is 2. The second-order valence-corrected chi connectivity index (χ2v) is 1.83. The van der Waals surface area contributed by atoms with Crippen LogP contribution in [0.3, 0.4) is 0 Å². The standard InChI is InChI=1S/C7H9F3O/c1-4-6(5(2)11-3)7(8,9)10/h4H,2H2,1,3H3. The molecule has 0 N–H and O–H groups in total. The van der Waals surface area contributed by atoms with Gasteiger partial charge in [0.25, 0.3) is 0 Å². The summed E-state index contributed by atoms with van der Waals surface area (Å²) in [6.07, 6.45) is -3.45. The van der Waals surface area contributed by atoms with E-state index in [1.165, 1.54) is 6.92 Å². The van der Waals surface area contributed by atoms with Crippen molar-refractivity contribution in [3.8, 4) is 0 Å². The van der Waals surface area contributed by atoms with Gasteiger partial charge in [-0.15, -0.1) is 0 Å². The van der Waals surface area contributed by atoms with Crippen LogP contribution in [0, 0.1) is 0 Å². The quantitative estimate of drug-likeness (QED) is 0.452. The predicted octanol–water partition coefficient (Wildman–Crippen LogP) is 2.66. The summed E-state index contributed by atoms with van der Waals surface area (Å²) < 4.78 is 40.2. The Morgan fingerprint density at radius 3 is 2.00 bits per heavy atom. The van der Waals surface area contributed by atoms with E-state index < -0.39 is 11.7 Å². The van der Waals surface area contributed by atoms with Gasteiger partial charge in [0.2, 0.25) is 0 Å². The first-order valence-electron chi connectivity index (χ1n) is 2.90. The van der Waals surface area contributed by atoms with Crippen molar-refractivity contribution in [1.82, 2.24) is 0 Å². The lowest BCUT2D eigenvalue weighted by Crippen LogP contribution is -2.13. The smallest absolute Gasteiger partial charge is 0.419 e. The SMILES string of the molecule is C=C(OC)C(=CC)C(F)(F)F. The first-order valence-corrected chi connectivity index (χ1v) is 2.90. The van der Waals surface area contributed by atoms with Crippen LogP contribution in [0.2, 0.25) is 0 Å². The molecule has 0 fully saturated rings. The lowest BCUT2D eigenvalue weighted by molar-refractivity contribution is -0.0932. The van der Waals surface area contributed by atoms with Gasteiger partial charge < -0.3 is 4.74 Å². The number of methoxy groups -OCH3 is 1. The fourth-order valence-electron chi connectivity index (χ4n) is 0.593. The second-order valence-electron chi connectivity index (χ2n) is 1.83.